The van der Waals surface area contributed by atoms with Crippen LogP contribution in [0.15, 0.2) is 77.5 Å². The third-order valence-corrected chi connectivity index (χ3v) is 8.24. The van der Waals surface area contributed by atoms with Gasteiger partial charge in [0.15, 0.2) is 0 Å². The van der Waals surface area contributed by atoms with Gasteiger partial charge >= 0.3 is 0 Å². The SMILES string of the molecule is O=C(CN(CC1CCCO1)S(=O)(=O)/C=C/c1ccccc1)N(Cc1ccc(F)cc1)Cc1cccs1. The minimum absolute atomic E-state index is 0.108. The van der Waals surface area contributed by atoms with Crippen molar-refractivity contribution in [2.75, 3.05) is 19.7 Å². The maximum absolute atomic E-state index is 13.5. The number of thiophene rings is 1. The lowest BCUT2D eigenvalue weighted by Crippen LogP contribution is -2.44. The van der Waals surface area contributed by atoms with E-state index in [4.69, 9.17) is 4.74 Å². The normalized spacial score (nSPS) is 16.1. The summed E-state index contributed by atoms with van der Waals surface area (Å²) in [5, 5.41) is 3.08. The van der Waals surface area contributed by atoms with Gasteiger partial charge in [-0.25, -0.2) is 12.8 Å². The van der Waals surface area contributed by atoms with Crippen LogP contribution in [-0.2, 0) is 32.6 Å². The average molecular weight is 529 g/mol. The second-order valence-electron chi connectivity index (χ2n) is 8.64. The highest BCUT2D eigenvalue weighted by Crippen LogP contribution is 2.19. The Balaban J connectivity index is 1.55. The van der Waals surface area contributed by atoms with Gasteiger partial charge in [-0.2, -0.15) is 4.31 Å². The van der Waals surface area contributed by atoms with Gasteiger partial charge in [0, 0.05) is 30.0 Å². The summed E-state index contributed by atoms with van der Waals surface area (Å²) in [5.41, 5.74) is 1.51. The first-order valence-electron chi connectivity index (χ1n) is 11.8. The predicted octanol–water partition coefficient (Wildman–Crippen LogP) is 4.90. The Bertz CT molecular complexity index is 1240. The zero-order valence-electron chi connectivity index (χ0n) is 19.8. The lowest BCUT2D eigenvalue weighted by molar-refractivity contribution is -0.132. The number of rotatable bonds is 11. The Labute approximate surface area is 215 Å². The number of ether oxygens (including phenoxy) is 1. The Morgan fingerprint density at radius 1 is 1.06 bits per heavy atom. The van der Waals surface area contributed by atoms with E-state index in [9.17, 15) is 17.6 Å². The smallest absolute Gasteiger partial charge is 0.238 e. The van der Waals surface area contributed by atoms with Crippen molar-refractivity contribution >= 4 is 33.3 Å². The number of nitrogens with zero attached hydrogens (tertiary/aromatic N) is 2. The maximum Gasteiger partial charge on any atom is 0.238 e. The number of hydrogen-bond acceptors (Lipinski definition) is 5. The Kier molecular flexibility index (Phi) is 9.03. The van der Waals surface area contributed by atoms with Gasteiger partial charge < -0.3 is 9.64 Å². The van der Waals surface area contributed by atoms with E-state index in [0.29, 0.717) is 13.2 Å². The summed E-state index contributed by atoms with van der Waals surface area (Å²) in [6, 6.07) is 19.0. The largest absolute Gasteiger partial charge is 0.377 e. The topological polar surface area (TPSA) is 66.9 Å². The second kappa shape index (κ2) is 12.4. The molecule has 0 radical (unpaired) electrons. The number of benzene rings is 2. The highest BCUT2D eigenvalue weighted by Gasteiger charge is 2.29. The first-order valence-corrected chi connectivity index (χ1v) is 14.2. The molecule has 4 rings (SSSR count). The zero-order valence-corrected chi connectivity index (χ0v) is 21.5. The summed E-state index contributed by atoms with van der Waals surface area (Å²) >= 11 is 1.52. The Morgan fingerprint density at radius 2 is 1.83 bits per heavy atom. The molecule has 2 aromatic carbocycles. The fourth-order valence-corrected chi connectivity index (χ4v) is 5.86. The highest BCUT2D eigenvalue weighted by atomic mass is 32.2. The molecule has 1 aliphatic heterocycles. The summed E-state index contributed by atoms with van der Waals surface area (Å²) < 4.78 is 47.0. The summed E-state index contributed by atoms with van der Waals surface area (Å²) in [6.07, 6.45) is 2.89. The molecule has 36 heavy (non-hydrogen) atoms. The lowest BCUT2D eigenvalue weighted by Gasteiger charge is -2.27. The van der Waals surface area contributed by atoms with Crippen LogP contribution in [0.1, 0.15) is 28.8 Å². The molecule has 0 spiro atoms. The molecule has 1 aliphatic rings. The van der Waals surface area contributed by atoms with Crippen LogP contribution >= 0.6 is 11.3 Å². The number of carbonyl (C=O) groups is 1. The molecule has 0 aliphatic carbocycles. The molecule has 6 nitrogen and oxygen atoms in total. The van der Waals surface area contributed by atoms with E-state index >= 15 is 0 Å². The van der Waals surface area contributed by atoms with Crippen molar-refractivity contribution < 1.29 is 22.3 Å². The summed E-state index contributed by atoms with van der Waals surface area (Å²) in [6.45, 7) is 0.956. The number of carbonyl (C=O) groups excluding carboxylic acids is 1. The number of amides is 1. The van der Waals surface area contributed by atoms with Gasteiger partial charge in [0.2, 0.25) is 15.9 Å². The van der Waals surface area contributed by atoms with E-state index in [1.807, 2.05) is 47.8 Å². The van der Waals surface area contributed by atoms with Crippen molar-refractivity contribution in [2.24, 2.45) is 0 Å². The molecule has 1 fully saturated rings. The van der Waals surface area contributed by atoms with E-state index < -0.39 is 10.0 Å². The van der Waals surface area contributed by atoms with Crippen LogP contribution in [0.3, 0.4) is 0 Å². The molecular formula is C27H29FN2O4S2. The summed E-state index contributed by atoms with van der Waals surface area (Å²) in [7, 11) is -3.90. The standard InChI is InChI=1S/C27H29FN2O4S2/c28-24-12-10-23(11-13-24)18-29(20-26-9-5-16-35-26)27(31)21-30(19-25-8-4-15-34-25)36(32,33)17-14-22-6-2-1-3-7-22/h1-3,5-7,9-14,16-17,25H,4,8,15,18-21H2/b17-14+. The molecule has 2 heterocycles. The van der Waals surface area contributed by atoms with Gasteiger partial charge in [-0.15, -0.1) is 11.3 Å². The van der Waals surface area contributed by atoms with E-state index in [1.54, 1.807) is 17.0 Å². The zero-order chi connectivity index (χ0) is 25.4. The molecule has 1 aromatic heterocycles. The maximum atomic E-state index is 13.5. The molecule has 1 atom stereocenters. The van der Waals surface area contributed by atoms with Crippen LogP contribution < -0.4 is 0 Å². The van der Waals surface area contributed by atoms with Crippen LogP contribution in [0.25, 0.3) is 6.08 Å². The van der Waals surface area contributed by atoms with Crippen LogP contribution in [0.5, 0.6) is 0 Å². The molecule has 1 amide bonds. The third kappa shape index (κ3) is 7.57. The fourth-order valence-electron chi connectivity index (χ4n) is 3.97. The van der Waals surface area contributed by atoms with Crippen LogP contribution in [0, 0.1) is 5.82 Å². The highest BCUT2D eigenvalue weighted by molar-refractivity contribution is 7.92. The molecule has 1 saturated heterocycles. The average Bonchev–Trinajstić information content (AvgIpc) is 3.58. The number of sulfonamides is 1. The van der Waals surface area contributed by atoms with Crippen molar-refractivity contribution in [3.8, 4) is 0 Å². The second-order valence-corrected chi connectivity index (χ2v) is 11.5. The first kappa shape index (κ1) is 26.2. The lowest BCUT2D eigenvalue weighted by atomic mass is 10.2. The molecule has 0 saturated carbocycles. The number of halogens is 1. The van der Waals surface area contributed by atoms with Gasteiger partial charge in [0.05, 0.1) is 19.2 Å². The van der Waals surface area contributed by atoms with Gasteiger partial charge in [-0.3, -0.25) is 4.79 Å². The molecule has 9 heteroatoms. The van der Waals surface area contributed by atoms with E-state index in [-0.39, 0.29) is 37.5 Å². The predicted molar refractivity (Wildman–Crippen MR) is 140 cm³/mol. The van der Waals surface area contributed by atoms with E-state index in [1.165, 1.54) is 33.9 Å². The van der Waals surface area contributed by atoms with Crippen molar-refractivity contribution in [2.45, 2.75) is 32.0 Å². The van der Waals surface area contributed by atoms with Crippen molar-refractivity contribution in [3.05, 3.63) is 99.3 Å². The monoisotopic (exact) mass is 528 g/mol. The molecular weight excluding hydrogens is 499 g/mol. The quantitative estimate of drug-likeness (QED) is 0.355. The molecule has 1 unspecified atom stereocenters. The van der Waals surface area contributed by atoms with Gasteiger partial charge in [0.1, 0.15) is 5.82 Å². The molecule has 190 valence electrons. The van der Waals surface area contributed by atoms with Crippen LogP contribution in [-0.4, -0.2) is 49.3 Å². The van der Waals surface area contributed by atoms with Crippen molar-refractivity contribution in [1.29, 1.82) is 0 Å². The summed E-state index contributed by atoms with van der Waals surface area (Å²) in [4.78, 5) is 16.1. The van der Waals surface area contributed by atoms with E-state index in [2.05, 4.69) is 0 Å². The van der Waals surface area contributed by atoms with Crippen molar-refractivity contribution in [1.82, 2.24) is 9.21 Å². The first-order chi connectivity index (χ1) is 17.4. The third-order valence-electron chi connectivity index (χ3n) is 5.90. The van der Waals surface area contributed by atoms with Gasteiger partial charge in [-0.05, 0) is 53.6 Å². The molecule has 0 bridgehead atoms. The van der Waals surface area contributed by atoms with Gasteiger partial charge in [0.25, 0.3) is 0 Å². The van der Waals surface area contributed by atoms with Crippen LogP contribution in [0.4, 0.5) is 4.39 Å². The molecule has 0 N–H and O–H groups in total. The Morgan fingerprint density at radius 3 is 2.50 bits per heavy atom. The van der Waals surface area contributed by atoms with E-state index in [0.717, 1.165) is 34.3 Å². The fraction of sp³-hybridized carbons (Fsp3) is 0.296. The van der Waals surface area contributed by atoms with Crippen LogP contribution in [0.2, 0.25) is 0 Å². The Hall–Kier alpha value is -2.85. The number of hydrogen-bond donors (Lipinski definition) is 0. The molecule has 3 aromatic rings. The minimum Gasteiger partial charge on any atom is -0.377 e. The summed E-state index contributed by atoms with van der Waals surface area (Å²) in [5.74, 6) is -0.684. The van der Waals surface area contributed by atoms with Gasteiger partial charge in [-0.1, -0.05) is 48.5 Å². The van der Waals surface area contributed by atoms with Crippen molar-refractivity contribution in [3.63, 3.8) is 0 Å². The minimum atomic E-state index is -3.90.